The molecule has 4 nitrogen and oxygen atoms in total. The largest absolute Gasteiger partial charge is 0.325 e. The fourth-order valence-corrected chi connectivity index (χ4v) is 2.53. The number of nitrogens with one attached hydrogen (secondary N) is 2. The van der Waals surface area contributed by atoms with Crippen LogP contribution < -0.4 is 10.6 Å². The second kappa shape index (κ2) is 7.62. The first-order chi connectivity index (χ1) is 9.04. The summed E-state index contributed by atoms with van der Waals surface area (Å²) >= 11 is 0. The number of carbonyl (C=O) groups excluding carboxylic acids is 1. The standard InChI is InChI=1S/C15H23N3O.ClH/c1-11-7-12(10-18(2)3)9-13(8-11)17-15(19)14-5-4-6-16-14;/h7-9,14,16H,4-6,10H2,1-3H3,(H,17,19);1H. The van der Waals surface area contributed by atoms with Crippen LogP contribution in [0.4, 0.5) is 5.69 Å². The van der Waals surface area contributed by atoms with Crippen molar-refractivity contribution in [2.45, 2.75) is 32.4 Å². The first-order valence-electron chi connectivity index (χ1n) is 6.84. The first kappa shape index (κ1) is 17.0. The quantitative estimate of drug-likeness (QED) is 0.895. The molecule has 1 fully saturated rings. The molecule has 1 unspecified atom stereocenters. The third-order valence-corrected chi connectivity index (χ3v) is 3.28. The minimum Gasteiger partial charge on any atom is -0.325 e. The van der Waals surface area contributed by atoms with E-state index in [1.54, 1.807) is 0 Å². The zero-order valence-electron chi connectivity index (χ0n) is 12.4. The molecular weight excluding hydrogens is 274 g/mol. The van der Waals surface area contributed by atoms with Gasteiger partial charge in [-0.05, 0) is 63.7 Å². The summed E-state index contributed by atoms with van der Waals surface area (Å²) in [5.74, 6) is 0.0823. The number of benzene rings is 1. The van der Waals surface area contributed by atoms with Crippen LogP contribution in [0.1, 0.15) is 24.0 Å². The van der Waals surface area contributed by atoms with Crippen LogP contribution in [0.25, 0.3) is 0 Å². The van der Waals surface area contributed by atoms with Gasteiger partial charge in [0, 0.05) is 12.2 Å². The Labute approximate surface area is 127 Å². The van der Waals surface area contributed by atoms with E-state index in [2.05, 4.69) is 34.6 Å². The minimum atomic E-state index is -0.0298. The van der Waals surface area contributed by atoms with Crippen LogP contribution in [-0.4, -0.2) is 37.5 Å². The number of aryl methyl sites for hydroxylation is 1. The molecule has 0 aromatic heterocycles. The number of hydrogen-bond acceptors (Lipinski definition) is 3. The molecule has 0 saturated carbocycles. The summed E-state index contributed by atoms with van der Waals surface area (Å²) < 4.78 is 0. The second-order valence-electron chi connectivity index (χ2n) is 5.58. The van der Waals surface area contributed by atoms with Crippen molar-refractivity contribution < 1.29 is 4.79 Å². The summed E-state index contributed by atoms with van der Waals surface area (Å²) in [6.45, 7) is 3.88. The smallest absolute Gasteiger partial charge is 0.241 e. The van der Waals surface area contributed by atoms with Crippen molar-refractivity contribution in [2.75, 3.05) is 26.0 Å². The number of hydrogen-bond donors (Lipinski definition) is 2. The zero-order valence-corrected chi connectivity index (χ0v) is 13.2. The van der Waals surface area contributed by atoms with E-state index in [9.17, 15) is 4.79 Å². The Morgan fingerprint density at radius 3 is 2.75 bits per heavy atom. The minimum absolute atomic E-state index is 0. The van der Waals surface area contributed by atoms with Gasteiger partial charge in [0.1, 0.15) is 0 Å². The van der Waals surface area contributed by atoms with Gasteiger partial charge in [-0.2, -0.15) is 0 Å². The van der Waals surface area contributed by atoms with Gasteiger partial charge in [-0.25, -0.2) is 0 Å². The van der Waals surface area contributed by atoms with E-state index >= 15 is 0 Å². The molecule has 20 heavy (non-hydrogen) atoms. The van der Waals surface area contributed by atoms with Crippen LogP contribution >= 0.6 is 12.4 Å². The van der Waals surface area contributed by atoms with Crippen molar-refractivity contribution in [3.63, 3.8) is 0 Å². The fourth-order valence-electron chi connectivity index (χ4n) is 2.53. The molecule has 1 aromatic rings. The van der Waals surface area contributed by atoms with Crippen molar-refractivity contribution in [3.05, 3.63) is 29.3 Å². The fraction of sp³-hybridized carbons (Fsp3) is 0.533. The Kier molecular flexibility index (Phi) is 6.46. The number of nitrogens with zero attached hydrogens (tertiary/aromatic N) is 1. The Morgan fingerprint density at radius 1 is 1.40 bits per heavy atom. The van der Waals surface area contributed by atoms with Gasteiger partial charge in [0.05, 0.1) is 6.04 Å². The van der Waals surface area contributed by atoms with Crippen LogP contribution in [0, 0.1) is 6.92 Å². The van der Waals surface area contributed by atoms with Gasteiger partial charge in [0.2, 0.25) is 5.91 Å². The topological polar surface area (TPSA) is 44.4 Å². The number of amides is 1. The van der Waals surface area contributed by atoms with Gasteiger partial charge in [-0.3, -0.25) is 4.79 Å². The zero-order chi connectivity index (χ0) is 13.8. The van der Waals surface area contributed by atoms with Gasteiger partial charge >= 0.3 is 0 Å². The Bertz CT molecular complexity index is 456. The third kappa shape index (κ3) is 4.78. The van der Waals surface area contributed by atoms with E-state index < -0.39 is 0 Å². The van der Waals surface area contributed by atoms with Crippen LogP contribution in [0.5, 0.6) is 0 Å². The average Bonchev–Trinajstić information content (AvgIpc) is 2.79. The SMILES string of the molecule is Cc1cc(CN(C)C)cc(NC(=O)C2CCCN2)c1.Cl. The lowest BCUT2D eigenvalue weighted by Gasteiger charge is -2.15. The van der Waals surface area contributed by atoms with E-state index in [1.165, 1.54) is 11.1 Å². The Balaban J connectivity index is 0.00000200. The highest BCUT2D eigenvalue weighted by Gasteiger charge is 2.21. The molecule has 2 rings (SSSR count). The maximum Gasteiger partial charge on any atom is 0.241 e. The molecule has 1 aromatic carbocycles. The summed E-state index contributed by atoms with van der Waals surface area (Å²) in [7, 11) is 4.09. The van der Waals surface area contributed by atoms with Crippen LogP contribution in [0.15, 0.2) is 18.2 Å². The van der Waals surface area contributed by atoms with E-state index in [0.717, 1.165) is 31.6 Å². The predicted octanol–water partition coefficient (Wildman–Crippen LogP) is 2.17. The summed E-state index contributed by atoms with van der Waals surface area (Å²) in [4.78, 5) is 14.2. The molecule has 1 aliphatic rings. The lowest BCUT2D eigenvalue weighted by molar-refractivity contribution is -0.117. The number of carbonyl (C=O) groups is 1. The summed E-state index contributed by atoms with van der Waals surface area (Å²) in [5.41, 5.74) is 3.30. The molecule has 0 spiro atoms. The molecule has 0 aliphatic carbocycles. The lowest BCUT2D eigenvalue weighted by atomic mass is 10.1. The van der Waals surface area contributed by atoms with Crippen molar-refractivity contribution in [1.82, 2.24) is 10.2 Å². The molecule has 1 amide bonds. The van der Waals surface area contributed by atoms with E-state index in [-0.39, 0.29) is 24.4 Å². The Hall–Kier alpha value is -1.10. The maximum absolute atomic E-state index is 12.1. The molecule has 5 heteroatoms. The van der Waals surface area contributed by atoms with Crippen molar-refractivity contribution in [2.24, 2.45) is 0 Å². The van der Waals surface area contributed by atoms with Crippen LogP contribution in [0.2, 0.25) is 0 Å². The van der Waals surface area contributed by atoms with Gasteiger partial charge in [0.15, 0.2) is 0 Å². The molecular formula is C15H24ClN3O. The summed E-state index contributed by atoms with van der Waals surface area (Å²) in [5, 5.41) is 6.24. The first-order valence-corrected chi connectivity index (χ1v) is 6.84. The molecule has 1 atom stereocenters. The molecule has 1 saturated heterocycles. The molecule has 2 N–H and O–H groups in total. The van der Waals surface area contributed by atoms with Gasteiger partial charge in [-0.15, -0.1) is 12.4 Å². The van der Waals surface area contributed by atoms with E-state index in [0.29, 0.717) is 0 Å². The number of anilines is 1. The third-order valence-electron chi connectivity index (χ3n) is 3.28. The summed E-state index contributed by atoms with van der Waals surface area (Å²) in [6.07, 6.45) is 2.01. The molecule has 0 bridgehead atoms. The number of rotatable bonds is 4. The molecule has 1 aliphatic heterocycles. The highest BCUT2D eigenvalue weighted by molar-refractivity contribution is 5.95. The molecule has 1 heterocycles. The van der Waals surface area contributed by atoms with Gasteiger partial charge in [-0.1, -0.05) is 6.07 Å². The highest BCUT2D eigenvalue weighted by atomic mass is 35.5. The normalized spacial score (nSPS) is 17.9. The molecule has 0 radical (unpaired) electrons. The maximum atomic E-state index is 12.1. The second-order valence-corrected chi connectivity index (χ2v) is 5.58. The van der Waals surface area contributed by atoms with Crippen LogP contribution in [0.3, 0.4) is 0 Å². The highest BCUT2D eigenvalue weighted by Crippen LogP contribution is 2.17. The summed E-state index contributed by atoms with van der Waals surface area (Å²) in [6, 6.07) is 6.20. The van der Waals surface area contributed by atoms with Crippen molar-refractivity contribution in [3.8, 4) is 0 Å². The Morgan fingerprint density at radius 2 is 2.15 bits per heavy atom. The predicted molar refractivity (Wildman–Crippen MR) is 85.5 cm³/mol. The number of halogens is 1. The molecule has 112 valence electrons. The van der Waals surface area contributed by atoms with Crippen molar-refractivity contribution in [1.29, 1.82) is 0 Å². The van der Waals surface area contributed by atoms with Gasteiger partial charge in [0.25, 0.3) is 0 Å². The van der Waals surface area contributed by atoms with Gasteiger partial charge < -0.3 is 15.5 Å². The van der Waals surface area contributed by atoms with E-state index in [4.69, 9.17) is 0 Å². The monoisotopic (exact) mass is 297 g/mol. The van der Waals surface area contributed by atoms with E-state index in [1.807, 2.05) is 20.2 Å². The van der Waals surface area contributed by atoms with Crippen molar-refractivity contribution >= 4 is 24.0 Å². The van der Waals surface area contributed by atoms with Crippen LogP contribution in [-0.2, 0) is 11.3 Å². The average molecular weight is 298 g/mol. The lowest BCUT2D eigenvalue weighted by Crippen LogP contribution is -2.35.